The van der Waals surface area contributed by atoms with Gasteiger partial charge in [-0.15, -0.1) is 0 Å². The van der Waals surface area contributed by atoms with Gasteiger partial charge in [0.15, 0.2) is 6.29 Å². The van der Waals surface area contributed by atoms with E-state index < -0.39 is 16.4 Å². The van der Waals surface area contributed by atoms with E-state index in [0.717, 1.165) is 12.1 Å². The number of nitro benzene ring substituents is 1. The molecule has 0 unspecified atom stereocenters. The van der Waals surface area contributed by atoms with Crippen molar-refractivity contribution in [3.8, 4) is 0 Å². The van der Waals surface area contributed by atoms with Crippen molar-refractivity contribution >= 4 is 12.0 Å². The third kappa shape index (κ3) is 1.69. The molecule has 0 radical (unpaired) electrons. The van der Waals surface area contributed by atoms with Gasteiger partial charge in [-0.05, 0) is 18.6 Å². The van der Waals surface area contributed by atoms with E-state index in [-0.39, 0.29) is 5.56 Å². The maximum atomic E-state index is 12.9. The zero-order valence-electron chi connectivity index (χ0n) is 6.78. The van der Waals surface area contributed by atoms with Crippen LogP contribution in [0.25, 0.3) is 0 Å². The smallest absolute Gasteiger partial charge is 0.298 e. The van der Waals surface area contributed by atoms with Crippen molar-refractivity contribution in [2.75, 3.05) is 0 Å². The number of benzene rings is 1. The molecule has 0 saturated heterocycles. The van der Waals surface area contributed by atoms with Gasteiger partial charge in [0.1, 0.15) is 0 Å². The molecule has 13 heavy (non-hydrogen) atoms. The Morgan fingerprint density at radius 1 is 1.54 bits per heavy atom. The van der Waals surface area contributed by atoms with E-state index in [9.17, 15) is 19.3 Å². The SMILES string of the molecule is Cc1cc(F)c([N+](=O)[O-])cc1C=O. The average Bonchev–Trinajstić information content (AvgIpc) is 2.03. The molecule has 0 atom stereocenters. The molecule has 0 N–H and O–H groups in total. The van der Waals surface area contributed by atoms with E-state index in [2.05, 4.69) is 0 Å². The molecule has 0 aliphatic carbocycles. The molecule has 5 heteroatoms. The monoisotopic (exact) mass is 183 g/mol. The Morgan fingerprint density at radius 3 is 2.62 bits per heavy atom. The summed E-state index contributed by atoms with van der Waals surface area (Å²) < 4.78 is 12.9. The predicted octanol–water partition coefficient (Wildman–Crippen LogP) is 1.85. The molecule has 68 valence electrons. The number of aryl methyl sites for hydroxylation is 1. The second kappa shape index (κ2) is 3.30. The summed E-state index contributed by atoms with van der Waals surface area (Å²) in [5.41, 5.74) is -0.154. The summed E-state index contributed by atoms with van der Waals surface area (Å²) in [6, 6.07) is 1.90. The first kappa shape index (κ1) is 9.31. The summed E-state index contributed by atoms with van der Waals surface area (Å²) in [5, 5.41) is 10.3. The van der Waals surface area contributed by atoms with Gasteiger partial charge >= 0.3 is 5.69 Å². The first-order valence-electron chi connectivity index (χ1n) is 3.46. The Labute approximate surface area is 73.1 Å². The quantitative estimate of drug-likeness (QED) is 0.399. The molecule has 0 heterocycles. The number of hydrogen-bond donors (Lipinski definition) is 0. The number of nitrogens with zero attached hydrogens (tertiary/aromatic N) is 1. The first-order valence-corrected chi connectivity index (χ1v) is 3.46. The lowest BCUT2D eigenvalue weighted by Crippen LogP contribution is -1.96. The Bertz CT molecular complexity index is 376. The zero-order valence-corrected chi connectivity index (χ0v) is 6.78. The molecule has 1 rings (SSSR count). The lowest BCUT2D eigenvalue weighted by Gasteiger charge is -1.98. The van der Waals surface area contributed by atoms with Crippen LogP contribution in [0.15, 0.2) is 12.1 Å². The van der Waals surface area contributed by atoms with Gasteiger partial charge in [0.2, 0.25) is 5.82 Å². The number of nitro groups is 1. The van der Waals surface area contributed by atoms with Crippen molar-refractivity contribution in [1.29, 1.82) is 0 Å². The van der Waals surface area contributed by atoms with Crippen LogP contribution in [0.2, 0.25) is 0 Å². The molecular formula is C8H6FNO3. The van der Waals surface area contributed by atoms with Crippen molar-refractivity contribution in [3.05, 3.63) is 39.2 Å². The molecule has 0 aliphatic rings. The molecule has 0 aromatic heterocycles. The molecular weight excluding hydrogens is 177 g/mol. The molecule has 4 nitrogen and oxygen atoms in total. The van der Waals surface area contributed by atoms with Gasteiger partial charge in [0, 0.05) is 11.6 Å². The number of carbonyl (C=O) groups is 1. The summed E-state index contributed by atoms with van der Waals surface area (Å²) in [4.78, 5) is 19.8. The molecule has 0 saturated carbocycles. The zero-order chi connectivity index (χ0) is 10.0. The molecule has 0 spiro atoms. The molecule has 1 aromatic carbocycles. The molecule has 0 aliphatic heterocycles. The minimum absolute atomic E-state index is 0.133. The maximum Gasteiger partial charge on any atom is 0.305 e. The third-order valence-electron chi connectivity index (χ3n) is 1.66. The summed E-state index contributed by atoms with van der Waals surface area (Å²) in [5.74, 6) is -0.923. The van der Waals surface area contributed by atoms with Gasteiger partial charge in [0.25, 0.3) is 0 Å². The van der Waals surface area contributed by atoms with Gasteiger partial charge in [-0.2, -0.15) is 4.39 Å². The van der Waals surface area contributed by atoms with Gasteiger partial charge in [-0.3, -0.25) is 14.9 Å². The summed E-state index contributed by atoms with van der Waals surface area (Å²) in [7, 11) is 0. The van der Waals surface area contributed by atoms with Crippen LogP contribution in [-0.2, 0) is 0 Å². The third-order valence-corrected chi connectivity index (χ3v) is 1.66. The van der Waals surface area contributed by atoms with E-state index in [1.54, 1.807) is 0 Å². The van der Waals surface area contributed by atoms with Gasteiger partial charge < -0.3 is 0 Å². The number of rotatable bonds is 2. The Kier molecular flexibility index (Phi) is 2.36. The second-order valence-corrected chi connectivity index (χ2v) is 2.54. The van der Waals surface area contributed by atoms with Gasteiger partial charge in [-0.25, -0.2) is 0 Å². The topological polar surface area (TPSA) is 60.2 Å². The van der Waals surface area contributed by atoms with Crippen LogP contribution < -0.4 is 0 Å². The Hall–Kier alpha value is -1.78. The van der Waals surface area contributed by atoms with Crippen molar-refractivity contribution in [2.45, 2.75) is 6.92 Å². The van der Waals surface area contributed by atoms with Crippen LogP contribution in [0, 0.1) is 22.9 Å². The van der Waals surface area contributed by atoms with Crippen molar-refractivity contribution in [3.63, 3.8) is 0 Å². The molecule has 0 amide bonds. The number of hydrogen-bond acceptors (Lipinski definition) is 3. The summed E-state index contributed by atoms with van der Waals surface area (Å²) >= 11 is 0. The van der Waals surface area contributed by atoms with E-state index >= 15 is 0 Å². The number of halogens is 1. The van der Waals surface area contributed by atoms with Crippen LogP contribution in [0.4, 0.5) is 10.1 Å². The lowest BCUT2D eigenvalue weighted by atomic mass is 10.1. The normalized spacial score (nSPS) is 9.69. The lowest BCUT2D eigenvalue weighted by molar-refractivity contribution is -0.387. The maximum absolute atomic E-state index is 12.9. The van der Waals surface area contributed by atoms with E-state index in [4.69, 9.17) is 0 Å². The van der Waals surface area contributed by atoms with Crippen LogP contribution in [0.5, 0.6) is 0 Å². The van der Waals surface area contributed by atoms with E-state index in [0.29, 0.717) is 11.8 Å². The molecule has 0 bridgehead atoms. The van der Waals surface area contributed by atoms with Crippen molar-refractivity contribution in [2.24, 2.45) is 0 Å². The fourth-order valence-corrected chi connectivity index (χ4v) is 0.944. The average molecular weight is 183 g/mol. The number of aldehydes is 1. The minimum Gasteiger partial charge on any atom is -0.298 e. The van der Waals surface area contributed by atoms with Gasteiger partial charge in [-0.1, -0.05) is 0 Å². The van der Waals surface area contributed by atoms with Crippen LogP contribution in [-0.4, -0.2) is 11.2 Å². The highest BCUT2D eigenvalue weighted by Crippen LogP contribution is 2.20. The van der Waals surface area contributed by atoms with Gasteiger partial charge in [0.05, 0.1) is 4.92 Å². The molecule has 1 aromatic rings. The fourth-order valence-electron chi connectivity index (χ4n) is 0.944. The summed E-state index contributed by atoms with van der Waals surface area (Å²) in [6.07, 6.45) is 0.460. The van der Waals surface area contributed by atoms with E-state index in [1.807, 2.05) is 0 Å². The predicted molar refractivity (Wildman–Crippen MR) is 43.2 cm³/mol. The van der Waals surface area contributed by atoms with Crippen LogP contribution in [0.3, 0.4) is 0 Å². The highest BCUT2D eigenvalue weighted by molar-refractivity contribution is 5.78. The minimum atomic E-state index is -0.923. The Morgan fingerprint density at radius 2 is 2.15 bits per heavy atom. The summed E-state index contributed by atoms with van der Waals surface area (Å²) in [6.45, 7) is 1.51. The largest absolute Gasteiger partial charge is 0.305 e. The highest BCUT2D eigenvalue weighted by atomic mass is 19.1. The van der Waals surface area contributed by atoms with E-state index in [1.165, 1.54) is 6.92 Å². The van der Waals surface area contributed by atoms with Crippen LogP contribution >= 0.6 is 0 Å². The van der Waals surface area contributed by atoms with Crippen molar-refractivity contribution < 1.29 is 14.1 Å². The van der Waals surface area contributed by atoms with Crippen LogP contribution in [0.1, 0.15) is 15.9 Å². The standard InChI is InChI=1S/C8H6FNO3/c1-5-2-7(9)8(10(12)13)3-6(5)4-11/h2-4H,1H3. The fraction of sp³-hybridized carbons (Fsp3) is 0.125. The first-order chi connectivity index (χ1) is 6.06. The Balaban J connectivity index is 3.38. The highest BCUT2D eigenvalue weighted by Gasteiger charge is 2.15. The molecule has 0 fully saturated rings. The number of carbonyl (C=O) groups excluding carboxylic acids is 1. The van der Waals surface area contributed by atoms with Crippen molar-refractivity contribution in [1.82, 2.24) is 0 Å². The second-order valence-electron chi connectivity index (χ2n) is 2.54.